The fraction of sp³-hybridized carbons (Fsp3) is 1.00. The molecule has 20 heavy (non-hydrogen) atoms. The van der Waals surface area contributed by atoms with Crippen LogP contribution in [0.4, 0.5) is 0 Å². The van der Waals surface area contributed by atoms with E-state index in [4.69, 9.17) is 4.74 Å². The van der Waals surface area contributed by atoms with Crippen molar-refractivity contribution in [1.82, 2.24) is 5.32 Å². The van der Waals surface area contributed by atoms with Crippen molar-refractivity contribution in [2.75, 3.05) is 26.4 Å². The Morgan fingerprint density at radius 3 is 2.10 bits per heavy atom. The summed E-state index contributed by atoms with van der Waals surface area (Å²) in [5.41, 5.74) is -0.117. The molecular weight excluding hydrogens is 250 g/mol. The lowest BCUT2D eigenvalue weighted by atomic mass is 9.96. The SMILES string of the molecule is CCCCCCCCOCCCCC(C)(CO)NCC. The van der Waals surface area contributed by atoms with Gasteiger partial charge in [0.15, 0.2) is 0 Å². The first-order chi connectivity index (χ1) is 9.68. The normalized spacial score (nSPS) is 14.4. The van der Waals surface area contributed by atoms with Crippen LogP contribution in [0.1, 0.15) is 78.6 Å². The summed E-state index contributed by atoms with van der Waals surface area (Å²) >= 11 is 0. The molecule has 0 aromatic rings. The van der Waals surface area contributed by atoms with E-state index in [1.807, 2.05) is 0 Å². The van der Waals surface area contributed by atoms with Gasteiger partial charge in [0.2, 0.25) is 0 Å². The molecule has 0 amide bonds. The Morgan fingerprint density at radius 1 is 0.900 bits per heavy atom. The van der Waals surface area contributed by atoms with Gasteiger partial charge in [-0.1, -0.05) is 46.0 Å². The Balaban J connectivity index is 3.27. The summed E-state index contributed by atoms with van der Waals surface area (Å²) in [6.45, 7) is 9.32. The van der Waals surface area contributed by atoms with Gasteiger partial charge in [0.05, 0.1) is 6.61 Å². The third-order valence-corrected chi connectivity index (χ3v) is 3.86. The average Bonchev–Trinajstić information content (AvgIpc) is 2.45. The zero-order valence-corrected chi connectivity index (χ0v) is 14.0. The predicted octanol–water partition coefficient (Wildman–Crippen LogP) is 3.89. The summed E-state index contributed by atoms with van der Waals surface area (Å²) in [6, 6.07) is 0. The zero-order chi connectivity index (χ0) is 15.1. The highest BCUT2D eigenvalue weighted by Crippen LogP contribution is 2.13. The van der Waals surface area contributed by atoms with E-state index in [1.54, 1.807) is 0 Å². The van der Waals surface area contributed by atoms with Gasteiger partial charge in [0, 0.05) is 18.8 Å². The molecule has 0 radical (unpaired) electrons. The van der Waals surface area contributed by atoms with Crippen LogP contribution in [0.5, 0.6) is 0 Å². The summed E-state index contributed by atoms with van der Waals surface area (Å²) in [5, 5.41) is 12.7. The first kappa shape index (κ1) is 19.9. The number of ether oxygens (including phenoxy) is 1. The smallest absolute Gasteiger partial charge is 0.0610 e. The molecule has 0 heterocycles. The molecule has 3 heteroatoms. The van der Waals surface area contributed by atoms with Crippen LogP contribution in [-0.2, 0) is 4.74 Å². The van der Waals surface area contributed by atoms with E-state index in [0.717, 1.165) is 39.0 Å². The maximum atomic E-state index is 9.38. The van der Waals surface area contributed by atoms with Gasteiger partial charge in [0.25, 0.3) is 0 Å². The molecule has 122 valence electrons. The second-order valence-corrected chi connectivity index (χ2v) is 6.09. The highest BCUT2D eigenvalue weighted by atomic mass is 16.5. The van der Waals surface area contributed by atoms with Crippen LogP contribution >= 0.6 is 0 Å². The van der Waals surface area contributed by atoms with Crippen LogP contribution in [-0.4, -0.2) is 37.0 Å². The molecule has 0 aromatic heterocycles. The zero-order valence-electron chi connectivity index (χ0n) is 14.0. The van der Waals surface area contributed by atoms with Gasteiger partial charge in [-0.15, -0.1) is 0 Å². The molecule has 0 aliphatic rings. The lowest BCUT2D eigenvalue weighted by Crippen LogP contribution is -2.45. The van der Waals surface area contributed by atoms with Crippen molar-refractivity contribution in [3.8, 4) is 0 Å². The Bertz CT molecular complexity index is 199. The van der Waals surface area contributed by atoms with E-state index in [-0.39, 0.29) is 12.1 Å². The standard InChI is InChI=1S/C17H37NO2/c1-4-6-7-8-9-11-14-20-15-12-10-13-17(3,16-19)18-5-2/h18-19H,4-16H2,1-3H3. The average molecular weight is 287 g/mol. The Morgan fingerprint density at radius 2 is 1.50 bits per heavy atom. The van der Waals surface area contributed by atoms with Crippen LogP contribution in [0, 0.1) is 0 Å². The molecule has 3 nitrogen and oxygen atoms in total. The topological polar surface area (TPSA) is 41.5 Å². The Hall–Kier alpha value is -0.120. The summed E-state index contributed by atoms with van der Waals surface area (Å²) in [6.07, 6.45) is 11.1. The van der Waals surface area contributed by atoms with Crippen molar-refractivity contribution in [2.45, 2.75) is 84.1 Å². The van der Waals surface area contributed by atoms with E-state index in [9.17, 15) is 5.11 Å². The summed E-state index contributed by atoms with van der Waals surface area (Å²) in [4.78, 5) is 0. The molecule has 0 aliphatic carbocycles. The second kappa shape index (κ2) is 13.8. The molecule has 1 atom stereocenters. The van der Waals surface area contributed by atoms with Crippen molar-refractivity contribution < 1.29 is 9.84 Å². The molecule has 0 fully saturated rings. The predicted molar refractivity (Wildman–Crippen MR) is 87.2 cm³/mol. The van der Waals surface area contributed by atoms with Gasteiger partial charge in [-0.25, -0.2) is 0 Å². The maximum absolute atomic E-state index is 9.38. The first-order valence-electron chi connectivity index (χ1n) is 8.62. The molecule has 0 aliphatic heterocycles. The largest absolute Gasteiger partial charge is 0.394 e. The monoisotopic (exact) mass is 287 g/mol. The van der Waals surface area contributed by atoms with Crippen molar-refractivity contribution in [3.63, 3.8) is 0 Å². The van der Waals surface area contributed by atoms with Crippen LogP contribution in [0.2, 0.25) is 0 Å². The van der Waals surface area contributed by atoms with Crippen molar-refractivity contribution >= 4 is 0 Å². The van der Waals surface area contributed by atoms with E-state index in [2.05, 4.69) is 26.1 Å². The molecule has 0 spiro atoms. The minimum atomic E-state index is -0.117. The molecule has 2 N–H and O–H groups in total. The van der Waals surface area contributed by atoms with Crippen LogP contribution in [0.15, 0.2) is 0 Å². The quantitative estimate of drug-likeness (QED) is 0.449. The third kappa shape index (κ3) is 11.7. The van der Waals surface area contributed by atoms with Crippen molar-refractivity contribution in [1.29, 1.82) is 0 Å². The minimum absolute atomic E-state index is 0.117. The van der Waals surface area contributed by atoms with Crippen LogP contribution in [0.25, 0.3) is 0 Å². The van der Waals surface area contributed by atoms with Gasteiger partial charge >= 0.3 is 0 Å². The maximum Gasteiger partial charge on any atom is 0.0610 e. The number of hydrogen-bond acceptors (Lipinski definition) is 3. The number of likely N-dealkylation sites (N-methyl/N-ethyl adjacent to an activating group) is 1. The summed E-state index contributed by atoms with van der Waals surface area (Å²) in [5.74, 6) is 0. The lowest BCUT2D eigenvalue weighted by Gasteiger charge is -2.28. The van der Waals surface area contributed by atoms with E-state index in [1.165, 1.54) is 38.5 Å². The highest BCUT2D eigenvalue weighted by Gasteiger charge is 2.20. The number of aliphatic hydroxyl groups excluding tert-OH is 1. The van der Waals surface area contributed by atoms with E-state index >= 15 is 0 Å². The fourth-order valence-electron chi connectivity index (χ4n) is 2.46. The molecule has 0 saturated carbocycles. The van der Waals surface area contributed by atoms with Crippen molar-refractivity contribution in [2.24, 2.45) is 0 Å². The van der Waals surface area contributed by atoms with E-state index in [0.29, 0.717) is 0 Å². The Kier molecular flexibility index (Phi) is 13.8. The van der Waals surface area contributed by atoms with Crippen molar-refractivity contribution in [3.05, 3.63) is 0 Å². The Labute approximate surface area is 126 Å². The second-order valence-electron chi connectivity index (χ2n) is 6.09. The number of rotatable bonds is 15. The van der Waals surface area contributed by atoms with Crippen LogP contribution in [0.3, 0.4) is 0 Å². The van der Waals surface area contributed by atoms with Gasteiger partial charge in [-0.3, -0.25) is 0 Å². The highest BCUT2D eigenvalue weighted by molar-refractivity contribution is 4.81. The van der Waals surface area contributed by atoms with Gasteiger partial charge in [-0.05, 0) is 39.2 Å². The summed E-state index contributed by atoms with van der Waals surface area (Å²) in [7, 11) is 0. The van der Waals surface area contributed by atoms with Gasteiger partial charge < -0.3 is 15.2 Å². The molecule has 1 unspecified atom stereocenters. The number of unbranched alkanes of at least 4 members (excludes halogenated alkanes) is 6. The molecule has 0 rings (SSSR count). The number of hydrogen-bond donors (Lipinski definition) is 2. The fourth-order valence-corrected chi connectivity index (χ4v) is 2.46. The number of aliphatic hydroxyl groups is 1. The van der Waals surface area contributed by atoms with Gasteiger partial charge in [-0.2, -0.15) is 0 Å². The lowest BCUT2D eigenvalue weighted by molar-refractivity contribution is 0.118. The molecular formula is C17H37NO2. The molecule has 0 aromatic carbocycles. The third-order valence-electron chi connectivity index (χ3n) is 3.86. The number of nitrogens with one attached hydrogen (secondary N) is 1. The molecule has 0 saturated heterocycles. The summed E-state index contributed by atoms with van der Waals surface area (Å²) < 4.78 is 5.67. The minimum Gasteiger partial charge on any atom is -0.394 e. The molecule has 0 bridgehead atoms. The van der Waals surface area contributed by atoms with Gasteiger partial charge in [0.1, 0.15) is 0 Å². The first-order valence-corrected chi connectivity index (χ1v) is 8.62. The van der Waals surface area contributed by atoms with E-state index < -0.39 is 0 Å². The van der Waals surface area contributed by atoms with Crippen LogP contribution < -0.4 is 5.32 Å².